The van der Waals surface area contributed by atoms with Crippen LogP contribution in [0.25, 0.3) is 0 Å². The van der Waals surface area contributed by atoms with Gasteiger partial charge < -0.3 is 4.74 Å². The lowest BCUT2D eigenvalue weighted by molar-refractivity contribution is 0.119. The zero-order valence-electron chi connectivity index (χ0n) is 17.1. The van der Waals surface area contributed by atoms with E-state index < -0.39 is 0 Å². The molecule has 2 saturated carbocycles. The van der Waals surface area contributed by atoms with E-state index >= 15 is 0 Å². The Morgan fingerprint density at radius 1 is 0.852 bits per heavy atom. The summed E-state index contributed by atoms with van der Waals surface area (Å²) in [7, 11) is 0. The van der Waals surface area contributed by atoms with Gasteiger partial charge in [-0.25, -0.2) is 0 Å². The molecule has 1 aromatic rings. The average molecular weight is 367 g/mol. The van der Waals surface area contributed by atoms with E-state index in [2.05, 4.69) is 43.5 Å². The van der Waals surface area contributed by atoms with Crippen LogP contribution < -0.4 is 0 Å². The maximum atomic E-state index is 5.75. The number of ether oxygens (including phenoxy) is 1. The zero-order valence-corrected chi connectivity index (χ0v) is 17.1. The SMILES string of the molecule is C=CCCCOCc1ccc([C@H]2CC[C@H]([C@H]3CC[C@H](C=C)CC3)CC2)cc1. The molecule has 0 aromatic heterocycles. The molecule has 0 amide bonds. The summed E-state index contributed by atoms with van der Waals surface area (Å²) in [5.74, 6) is 3.54. The Labute approximate surface area is 166 Å². The molecule has 0 unspecified atom stereocenters. The number of unbranched alkanes of at least 4 members (excludes halogenated alkanes) is 1. The summed E-state index contributed by atoms with van der Waals surface area (Å²) in [5, 5.41) is 0. The summed E-state index contributed by atoms with van der Waals surface area (Å²) in [4.78, 5) is 0. The molecule has 1 heteroatoms. The third kappa shape index (κ3) is 6.07. The van der Waals surface area contributed by atoms with Crippen molar-refractivity contribution in [2.75, 3.05) is 6.61 Å². The second kappa shape index (κ2) is 10.9. The highest BCUT2D eigenvalue weighted by atomic mass is 16.5. The number of rotatable bonds is 9. The third-order valence-corrected chi connectivity index (χ3v) is 7.01. The van der Waals surface area contributed by atoms with Crippen molar-refractivity contribution in [3.05, 3.63) is 60.7 Å². The van der Waals surface area contributed by atoms with Gasteiger partial charge in [0.15, 0.2) is 0 Å². The van der Waals surface area contributed by atoms with Crippen LogP contribution >= 0.6 is 0 Å². The highest BCUT2D eigenvalue weighted by Gasteiger charge is 2.30. The summed E-state index contributed by atoms with van der Waals surface area (Å²) in [6, 6.07) is 9.24. The van der Waals surface area contributed by atoms with Crippen molar-refractivity contribution < 1.29 is 4.74 Å². The van der Waals surface area contributed by atoms with Gasteiger partial charge in [0.05, 0.1) is 6.61 Å². The molecule has 1 aromatic carbocycles. The van der Waals surface area contributed by atoms with Crippen LogP contribution in [0.3, 0.4) is 0 Å². The van der Waals surface area contributed by atoms with Gasteiger partial charge >= 0.3 is 0 Å². The first-order valence-corrected chi connectivity index (χ1v) is 11.2. The normalized spacial score (nSPS) is 28.6. The van der Waals surface area contributed by atoms with Gasteiger partial charge in [-0.3, -0.25) is 0 Å². The zero-order chi connectivity index (χ0) is 18.9. The van der Waals surface area contributed by atoms with Gasteiger partial charge in [0.1, 0.15) is 0 Å². The first-order chi connectivity index (χ1) is 13.3. The largest absolute Gasteiger partial charge is 0.377 e. The molecule has 0 aliphatic heterocycles. The van der Waals surface area contributed by atoms with Gasteiger partial charge in [-0.1, -0.05) is 36.4 Å². The molecule has 0 N–H and O–H groups in total. The first-order valence-electron chi connectivity index (χ1n) is 11.2. The predicted octanol–water partition coefficient (Wildman–Crippen LogP) is 7.44. The Morgan fingerprint density at radius 3 is 2.07 bits per heavy atom. The third-order valence-electron chi connectivity index (χ3n) is 7.01. The van der Waals surface area contributed by atoms with Gasteiger partial charge in [0.25, 0.3) is 0 Å². The second-order valence-electron chi connectivity index (χ2n) is 8.75. The fraction of sp³-hybridized carbons (Fsp3) is 0.615. The molecule has 1 nitrogen and oxygen atoms in total. The van der Waals surface area contributed by atoms with Crippen LogP contribution in [0.1, 0.15) is 81.3 Å². The number of benzene rings is 1. The van der Waals surface area contributed by atoms with Gasteiger partial charge in [0, 0.05) is 6.61 Å². The van der Waals surface area contributed by atoms with Crippen molar-refractivity contribution in [1.29, 1.82) is 0 Å². The Balaban J connectivity index is 1.40. The molecule has 0 bridgehead atoms. The van der Waals surface area contributed by atoms with Crippen LogP contribution in [0.5, 0.6) is 0 Å². The lowest BCUT2D eigenvalue weighted by Crippen LogP contribution is -2.25. The Morgan fingerprint density at radius 2 is 1.48 bits per heavy atom. The van der Waals surface area contributed by atoms with E-state index in [0.717, 1.165) is 49.7 Å². The molecule has 0 atom stereocenters. The second-order valence-corrected chi connectivity index (χ2v) is 8.75. The number of hydrogen-bond acceptors (Lipinski definition) is 1. The van der Waals surface area contributed by atoms with E-state index in [0.29, 0.717) is 0 Å². The highest BCUT2D eigenvalue weighted by molar-refractivity contribution is 5.25. The van der Waals surface area contributed by atoms with Crippen molar-refractivity contribution in [2.24, 2.45) is 17.8 Å². The van der Waals surface area contributed by atoms with Crippen LogP contribution in [0, 0.1) is 17.8 Å². The molecule has 2 fully saturated rings. The fourth-order valence-electron chi connectivity index (χ4n) is 5.18. The molecule has 27 heavy (non-hydrogen) atoms. The van der Waals surface area contributed by atoms with Crippen molar-refractivity contribution >= 4 is 0 Å². The van der Waals surface area contributed by atoms with Gasteiger partial charge in [-0.15, -0.1) is 13.2 Å². The van der Waals surface area contributed by atoms with Gasteiger partial charge in [0.2, 0.25) is 0 Å². The topological polar surface area (TPSA) is 9.23 Å². The van der Waals surface area contributed by atoms with E-state index in [9.17, 15) is 0 Å². The van der Waals surface area contributed by atoms with Gasteiger partial charge in [-0.2, -0.15) is 0 Å². The summed E-state index contributed by atoms with van der Waals surface area (Å²) in [6.07, 6.45) is 17.5. The minimum absolute atomic E-state index is 0.734. The molecule has 0 radical (unpaired) electrons. The van der Waals surface area contributed by atoms with E-state index in [1.165, 1.54) is 56.9 Å². The standard InChI is InChI=1S/C26H38O/c1-3-5-6-19-27-20-22-9-13-24(14-10-22)26-17-15-25(16-18-26)23-11-7-21(4-2)8-12-23/h3-4,9-10,13-14,21,23,25-26H,1-2,5-8,11-12,15-20H2/t21-,23-,25-,26-. The molecule has 0 saturated heterocycles. The molecule has 0 spiro atoms. The average Bonchev–Trinajstić information content (AvgIpc) is 2.74. The molecular weight excluding hydrogens is 328 g/mol. The van der Waals surface area contributed by atoms with E-state index in [4.69, 9.17) is 4.74 Å². The Kier molecular flexibility index (Phi) is 8.20. The minimum atomic E-state index is 0.734. The summed E-state index contributed by atoms with van der Waals surface area (Å²) in [6.45, 7) is 9.30. The van der Waals surface area contributed by atoms with E-state index in [-0.39, 0.29) is 0 Å². The lowest BCUT2D eigenvalue weighted by atomic mass is 9.68. The highest BCUT2D eigenvalue weighted by Crippen LogP contribution is 2.44. The van der Waals surface area contributed by atoms with E-state index in [1.807, 2.05) is 6.08 Å². The van der Waals surface area contributed by atoms with Crippen LogP contribution in [0.4, 0.5) is 0 Å². The quantitative estimate of drug-likeness (QED) is 0.326. The van der Waals surface area contributed by atoms with Crippen LogP contribution in [0.2, 0.25) is 0 Å². The van der Waals surface area contributed by atoms with Crippen molar-refractivity contribution in [2.45, 2.75) is 76.7 Å². The Hall–Kier alpha value is -1.34. The van der Waals surface area contributed by atoms with Crippen molar-refractivity contribution in [3.8, 4) is 0 Å². The van der Waals surface area contributed by atoms with Crippen LogP contribution in [-0.2, 0) is 11.3 Å². The van der Waals surface area contributed by atoms with Gasteiger partial charge in [-0.05, 0) is 99.0 Å². The molecule has 2 aliphatic rings. The molecule has 0 heterocycles. The van der Waals surface area contributed by atoms with E-state index in [1.54, 1.807) is 5.56 Å². The maximum Gasteiger partial charge on any atom is 0.0716 e. The summed E-state index contributed by atoms with van der Waals surface area (Å²) in [5.41, 5.74) is 2.84. The summed E-state index contributed by atoms with van der Waals surface area (Å²) < 4.78 is 5.75. The van der Waals surface area contributed by atoms with Crippen molar-refractivity contribution in [3.63, 3.8) is 0 Å². The smallest absolute Gasteiger partial charge is 0.0716 e. The monoisotopic (exact) mass is 366 g/mol. The van der Waals surface area contributed by atoms with Crippen LogP contribution in [-0.4, -0.2) is 6.61 Å². The maximum absolute atomic E-state index is 5.75. The summed E-state index contributed by atoms with van der Waals surface area (Å²) >= 11 is 0. The molecule has 148 valence electrons. The first kappa shape index (κ1) is 20.4. The Bertz CT molecular complexity index is 556. The lowest BCUT2D eigenvalue weighted by Gasteiger charge is -2.37. The molecule has 3 rings (SSSR count). The van der Waals surface area contributed by atoms with Crippen molar-refractivity contribution in [1.82, 2.24) is 0 Å². The molecule has 2 aliphatic carbocycles. The molecular formula is C26H38O. The predicted molar refractivity (Wildman–Crippen MR) is 116 cm³/mol. The fourth-order valence-corrected chi connectivity index (χ4v) is 5.18. The van der Waals surface area contributed by atoms with Crippen LogP contribution in [0.15, 0.2) is 49.6 Å². The number of allylic oxidation sites excluding steroid dienone is 2. The minimum Gasteiger partial charge on any atom is -0.377 e. The number of hydrogen-bond donors (Lipinski definition) is 0.